The van der Waals surface area contributed by atoms with E-state index in [1.165, 1.54) is 0 Å². The summed E-state index contributed by atoms with van der Waals surface area (Å²) in [6.07, 6.45) is 3.13. The van der Waals surface area contributed by atoms with Gasteiger partial charge in [0.2, 0.25) is 5.95 Å². The molecule has 0 atom stereocenters. The lowest BCUT2D eigenvalue weighted by Gasteiger charge is -2.09. The van der Waals surface area contributed by atoms with Crippen molar-refractivity contribution in [3.05, 3.63) is 35.3 Å². The average molecular weight is 286 g/mol. The van der Waals surface area contributed by atoms with Crippen molar-refractivity contribution in [2.75, 3.05) is 17.7 Å². The fraction of sp³-hybridized carbons (Fsp3) is 0.357. The number of aryl methyl sites for hydroxylation is 2. The number of amides is 1. The Balaban J connectivity index is 2.23. The molecule has 0 saturated carbocycles. The van der Waals surface area contributed by atoms with Crippen molar-refractivity contribution in [2.45, 2.75) is 26.7 Å². The van der Waals surface area contributed by atoms with Gasteiger partial charge in [-0.25, -0.2) is 9.97 Å². The zero-order valence-corrected chi connectivity index (χ0v) is 12.3. The van der Waals surface area contributed by atoms with Gasteiger partial charge < -0.3 is 5.32 Å². The molecule has 0 bridgehead atoms. The molecule has 2 aromatic heterocycles. The molecule has 0 aliphatic heterocycles. The third-order valence-corrected chi connectivity index (χ3v) is 3.02. The van der Waals surface area contributed by atoms with E-state index in [0.29, 0.717) is 11.4 Å². The maximum atomic E-state index is 12.2. The Labute approximate surface area is 123 Å². The highest BCUT2D eigenvalue weighted by atomic mass is 16.1. The van der Waals surface area contributed by atoms with E-state index < -0.39 is 0 Å². The first-order valence-corrected chi connectivity index (χ1v) is 6.86. The highest BCUT2D eigenvalue weighted by Gasteiger charge is 2.14. The quantitative estimate of drug-likeness (QED) is 0.868. The molecule has 7 nitrogen and oxygen atoms in total. The third kappa shape index (κ3) is 3.31. The number of hydrogen-bond donors (Lipinski definition) is 2. The van der Waals surface area contributed by atoms with Crippen LogP contribution in [0.25, 0.3) is 0 Å². The minimum absolute atomic E-state index is 0.208. The van der Waals surface area contributed by atoms with Gasteiger partial charge in [0.25, 0.3) is 5.91 Å². The fourth-order valence-corrected chi connectivity index (χ4v) is 1.95. The first-order valence-electron chi connectivity index (χ1n) is 6.86. The van der Waals surface area contributed by atoms with E-state index >= 15 is 0 Å². The molecule has 0 spiro atoms. The molecule has 0 radical (unpaired) electrons. The number of carbonyl (C=O) groups is 1. The average Bonchev–Trinajstić information content (AvgIpc) is 2.54. The van der Waals surface area contributed by atoms with E-state index in [4.69, 9.17) is 0 Å². The zero-order valence-electron chi connectivity index (χ0n) is 12.3. The predicted molar refractivity (Wildman–Crippen MR) is 80.3 cm³/mol. The Morgan fingerprint density at radius 3 is 2.62 bits per heavy atom. The molecule has 7 heteroatoms. The first kappa shape index (κ1) is 14.8. The Morgan fingerprint density at radius 2 is 1.95 bits per heavy atom. The van der Waals surface area contributed by atoms with Gasteiger partial charge in [-0.2, -0.15) is 0 Å². The molecule has 21 heavy (non-hydrogen) atoms. The molecule has 2 heterocycles. The highest BCUT2D eigenvalue weighted by molar-refractivity contribution is 6.06. The standard InChI is InChI=1S/C14H18N6O/c1-4-10-11(5-2)19-20-14(17-10)18-13(21)9-7-6-8-16-12(9)15-3/h6-8H,4-5H2,1-3H3,(H,15,16)(H,17,18,20,21). The lowest BCUT2D eigenvalue weighted by Crippen LogP contribution is -2.18. The van der Waals surface area contributed by atoms with E-state index in [-0.39, 0.29) is 11.9 Å². The summed E-state index contributed by atoms with van der Waals surface area (Å²) in [6.45, 7) is 3.99. The second-order valence-electron chi connectivity index (χ2n) is 4.34. The molecule has 0 fully saturated rings. The van der Waals surface area contributed by atoms with E-state index in [9.17, 15) is 4.79 Å². The number of aromatic nitrogens is 4. The molecule has 2 rings (SSSR count). The Hall–Kier alpha value is -2.57. The summed E-state index contributed by atoms with van der Waals surface area (Å²) in [5.74, 6) is 0.393. The largest absolute Gasteiger partial charge is 0.372 e. The first-order chi connectivity index (χ1) is 10.2. The van der Waals surface area contributed by atoms with E-state index in [2.05, 4.69) is 30.8 Å². The molecule has 0 aliphatic rings. The van der Waals surface area contributed by atoms with Crippen LogP contribution in [0.15, 0.2) is 18.3 Å². The number of nitrogens with one attached hydrogen (secondary N) is 2. The molecule has 110 valence electrons. The lowest BCUT2D eigenvalue weighted by atomic mass is 10.2. The van der Waals surface area contributed by atoms with Crippen molar-refractivity contribution in [1.82, 2.24) is 20.2 Å². The smallest absolute Gasteiger partial charge is 0.261 e. The zero-order chi connectivity index (χ0) is 15.2. The SMILES string of the molecule is CCc1nnc(NC(=O)c2cccnc2NC)nc1CC. The van der Waals surface area contributed by atoms with Gasteiger partial charge in [-0.05, 0) is 25.0 Å². The summed E-state index contributed by atoms with van der Waals surface area (Å²) in [5, 5.41) is 13.6. The molecule has 0 aliphatic carbocycles. The van der Waals surface area contributed by atoms with Crippen molar-refractivity contribution in [3.8, 4) is 0 Å². The number of pyridine rings is 1. The summed E-state index contributed by atoms with van der Waals surface area (Å²) < 4.78 is 0. The van der Waals surface area contributed by atoms with Crippen LogP contribution in [0.1, 0.15) is 35.6 Å². The fourth-order valence-electron chi connectivity index (χ4n) is 1.95. The van der Waals surface area contributed by atoms with Crippen LogP contribution in [-0.4, -0.2) is 33.1 Å². The van der Waals surface area contributed by atoms with Gasteiger partial charge in [-0.15, -0.1) is 10.2 Å². The van der Waals surface area contributed by atoms with Crippen molar-refractivity contribution in [2.24, 2.45) is 0 Å². The molecule has 0 saturated heterocycles. The van der Waals surface area contributed by atoms with Crippen LogP contribution in [0, 0.1) is 0 Å². The summed E-state index contributed by atoms with van der Waals surface area (Å²) in [7, 11) is 1.71. The van der Waals surface area contributed by atoms with Crippen molar-refractivity contribution in [1.29, 1.82) is 0 Å². The van der Waals surface area contributed by atoms with Gasteiger partial charge in [0.15, 0.2) is 0 Å². The van der Waals surface area contributed by atoms with Crippen LogP contribution in [0.5, 0.6) is 0 Å². The summed E-state index contributed by atoms with van der Waals surface area (Å²) in [4.78, 5) is 20.7. The number of anilines is 2. The molecule has 2 N–H and O–H groups in total. The summed E-state index contributed by atoms with van der Waals surface area (Å²) >= 11 is 0. The number of hydrogen-bond acceptors (Lipinski definition) is 6. The second kappa shape index (κ2) is 6.74. The molecular weight excluding hydrogens is 268 g/mol. The lowest BCUT2D eigenvalue weighted by molar-refractivity contribution is 0.102. The predicted octanol–water partition coefficient (Wildman–Crippen LogP) is 1.69. The van der Waals surface area contributed by atoms with Gasteiger partial charge in [-0.3, -0.25) is 10.1 Å². The maximum Gasteiger partial charge on any atom is 0.261 e. The van der Waals surface area contributed by atoms with Crippen LogP contribution < -0.4 is 10.6 Å². The van der Waals surface area contributed by atoms with Crippen LogP contribution in [0.2, 0.25) is 0 Å². The van der Waals surface area contributed by atoms with Gasteiger partial charge in [0.1, 0.15) is 5.82 Å². The Morgan fingerprint density at radius 1 is 1.19 bits per heavy atom. The van der Waals surface area contributed by atoms with Crippen LogP contribution >= 0.6 is 0 Å². The normalized spacial score (nSPS) is 10.2. The Kier molecular flexibility index (Phi) is 4.76. The topological polar surface area (TPSA) is 92.7 Å². The van der Waals surface area contributed by atoms with Crippen LogP contribution in [-0.2, 0) is 12.8 Å². The summed E-state index contributed by atoms with van der Waals surface area (Å²) in [5.41, 5.74) is 2.14. The van der Waals surface area contributed by atoms with Gasteiger partial charge >= 0.3 is 0 Å². The Bertz CT molecular complexity index is 643. The molecule has 2 aromatic rings. The van der Waals surface area contributed by atoms with Gasteiger partial charge in [-0.1, -0.05) is 13.8 Å². The van der Waals surface area contributed by atoms with Crippen LogP contribution in [0.4, 0.5) is 11.8 Å². The van der Waals surface area contributed by atoms with Crippen molar-refractivity contribution >= 4 is 17.7 Å². The number of nitrogens with zero attached hydrogens (tertiary/aromatic N) is 4. The van der Waals surface area contributed by atoms with Crippen molar-refractivity contribution in [3.63, 3.8) is 0 Å². The van der Waals surface area contributed by atoms with E-state index in [1.807, 2.05) is 13.8 Å². The van der Waals surface area contributed by atoms with E-state index in [1.54, 1.807) is 25.4 Å². The van der Waals surface area contributed by atoms with Gasteiger partial charge in [0, 0.05) is 13.2 Å². The highest BCUT2D eigenvalue weighted by Crippen LogP contribution is 2.13. The minimum Gasteiger partial charge on any atom is -0.372 e. The molecular formula is C14H18N6O. The molecule has 0 unspecified atom stereocenters. The second-order valence-corrected chi connectivity index (χ2v) is 4.34. The molecule has 1 amide bonds. The van der Waals surface area contributed by atoms with Crippen LogP contribution in [0.3, 0.4) is 0 Å². The van der Waals surface area contributed by atoms with Crippen molar-refractivity contribution < 1.29 is 4.79 Å². The summed E-state index contributed by atoms with van der Waals surface area (Å²) in [6, 6.07) is 3.38. The maximum absolute atomic E-state index is 12.2. The van der Waals surface area contributed by atoms with Gasteiger partial charge in [0.05, 0.1) is 17.0 Å². The minimum atomic E-state index is -0.319. The molecule has 0 aromatic carbocycles. The monoisotopic (exact) mass is 286 g/mol. The third-order valence-electron chi connectivity index (χ3n) is 3.02. The van der Waals surface area contributed by atoms with E-state index in [0.717, 1.165) is 24.2 Å². The number of carbonyl (C=O) groups excluding carboxylic acids is 1. The number of rotatable bonds is 5.